The van der Waals surface area contributed by atoms with Gasteiger partial charge in [-0.1, -0.05) is 12.2 Å². The molecular weight excluding hydrogens is 174 g/mol. The highest BCUT2D eigenvalue weighted by Gasteiger charge is 2.10. The van der Waals surface area contributed by atoms with Gasteiger partial charge < -0.3 is 10.4 Å². The van der Waals surface area contributed by atoms with Gasteiger partial charge in [0.15, 0.2) is 0 Å². The molecule has 0 unspecified atom stereocenters. The third-order valence-electron chi connectivity index (χ3n) is 2.93. The molecular formula is C12H23NO. The molecule has 0 aromatic heterocycles. The summed E-state index contributed by atoms with van der Waals surface area (Å²) in [6.45, 7) is 3.66. The van der Waals surface area contributed by atoms with Crippen LogP contribution in [0.3, 0.4) is 0 Å². The molecule has 0 aromatic rings. The zero-order valence-corrected chi connectivity index (χ0v) is 9.21. The van der Waals surface area contributed by atoms with E-state index in [9.17, 15) is 0 Å². The summed E-state index contributed by atoms with van der Waals surface area (Å²) in [7, 11) is 0. The number of aliphatic hydroxyl groups excluding tert-OH is 1. The Morgan fingerprint density at radius 1 is 1.50 bits per heavy atom. The smallest absolute Gasteiger partial charge is 0.0431 e. The Morgan fingerprint density at radius 2 is 2.36 bits per heavy atom. The first-order valence-corrected chi connectivity index (χ1v) is 5.82. The second-order valence-electron chi connectivity index (χ2n) is 4.33. The van der Waals surface area contributed by atoms with E-state index in [1.807, 2.05) is 0 Å². The molecule has 1 aliphatic rings. The molecule has 82 valence electrons. The van der Waals surface area contributed by atoms with E-state index in [4.69, 9.17) is 5.11 Å². The van der Waals surface area contributed by atoms with E-state index in [1.165, 1.54) is 19.3 Å². The fourth-order valence-electron chi connectivity index (χ4n) is 1.91. The van der Waals surface area contributed by atoms with Gasteiger partial charge in [-0.25, -0.2) is 0 Å². The van der Waals surface area contributed by atoms with Gasteiger partial charge in [0.1, 0.15) is 0 Å². The maximum absolute atomic E-state index is 8.70. The molecule has 0 heterocycles. The third kappa shape index (κ3) is 4.77. The van der Waals surface area contributed by atoms with Gasteiger partial charge in [0.2, 0.25) is 0 Å². The predicted octanol–water partition coefficient (Wildman–Crippen LogP) is 2.09. The van der Waals surface area contributed by atoms with E-state index in [2.05, 4.69) is 24.4 Å². The van der Waals surface area contributed by atoms with Gasteiger partial charge in [-0.05, 0) is 51.5 Å². The first-order chi connectivity index (χ1) is 6.83. The summed E-state index contributed by atoms with van der Waals surface area (Å²) in [5.74, 6) is 0.830. The maximum atomic E-state index is 8.70. The molecule has 2 heteroatoms. The zero-order chi connectivity index (χ0) is 10.2. The van der Waals surface area contributed by atoms with Crippen LogP contribution < -0.4 is 5.32 Å². The molecule has 0 spiro atoms. The van der Waals surface area contributed by atoms with Crippen molar-refractivity contribution in [2.45, 2.75) is 45.1 Å². The van der Waals surface area contributed by atoms with Crippen LogP contribution in [0.15, 0.2) is 12.2 Å². The zero-order valence-electron chi connectivity index (χ0n) is 9.21. The van der Waals surface area contributed by atoms with Crippen molar-refractivity contribution in [2.75, 3.05) is 13.2 Å². The lowest BCUT2D eigenvalue weighted by molar-refractivity contribution is 0.274. The van der Waals surface area contributed by atoms with Crippen LogP contribution in [0.5, 0.6) is 0 Å². The minimum Gasteiger partial charge on any atom is -0.396 e. The Kier molecular flexibility index (Phi) is 5.88. The van der Waals surface area contributed by atoms with Gasteiger partial charge >= 0.3 is 0 Å². The standard InChI is InChI=1S/C12H23NO/c1-11(6-5-9-14)13-10-12-7-3-2-4-8-12/h2-3,11-14H,4-10H2,1H3/t11-,12+/m1/s1. The highest BCUT2D eigenvalue weighted by Crippen LogP contribution is 2.17. The molecule has 0 aromatic carbocycles. The number of hydrogen-bond acceptors (Lipinski definition) is 2. The Balaban J connectivity index is 2.04. The number of hydrogen-bond donors (Lipinski definition) is 2. The molecule has 2 atom stereocenters. The summed E-state index contributed by atoms with van der Waals surface area (Å²) in [5, 5.41) is 12.2. The average molecular weight is 197 g/mol. The van der Waals surface area contributed by atoms with Crippen molar-refractivity contribution in [2.24, 2.45) is 5.92 Å². The normalized spacial score (nSPS) is 23.7. The lowest BCUT2D eigenvalue weighted by Gasteiger charge is -2.21. The fourth-order valence-corrected chi connectivity index (χ4v) is 1.91. The van der Waals surface area contributed by atoms with Crippen molar-refractivity contribution in [3.63, 3.8) is 0 Å². The second kappa shape index (κ2) is 7.02. The van der Waals surface area contributed by atoms with Crippen molar-refractivity contribution in [1.82, 2.24) is 5.32 Å². The van der Waals surface area contributed by atoms with Crippen molar-refractivity contribution < 1.29 is 5.11 Å². The van der Waals surface area contributed by atoms with Crippen LogP contribution in [0.4, 0.5) is 0 Å². The highest BCUT2D eigenvalue weighted by molar-refractivity contribution is 4.90. The monoisotopic (exact) mass is 197 g/mol. The molecule has 2 N–H and O–H groups in total. The van der Waals surface area contributed by atoms with Crippen molar-refractivity contribution in [3.8, 4) is 0 Å². The summed E-state index contributed by atoms with van der Waals surface area (Å²) in [6.07, 6.45) is 10.4. The van der Waals surface area contributed by atoms with Gasteiger partial charge in [-0.2, -0.15) is 0 Å². The third-order valence-corrected chi connectivity index (χ3v) is 2.93. The van der Waals surface area contributed by atoms with Crippen LogP contribution in [0.1, 0.15) is 39.0 Å². The molecule has 1 rings (SSSR count). The van der Waals surface area contributed by atoms with E-state index in [-0.39, 0.29) is 0 Å². The summed E-state index contributed by atoms with van der Waals surface area (Å²) in [4.78, 5) is 0. The van der Waals surface area contributed by atoms with Crippen molar-refractivity contribution in [3.05, 3.63) is 12.2 Å². The van der Waals surface area contributed by atoms with Crippen LogP contribution in [0, 0.1) is 5.92 Å². The number of rotatable bonds is 6. The van der Waals surface area contributed by atoms with Gasteiger partial charge in [0.05, 0.1) is 0 Å². The minimum atomic E-state index is 0.318. The quantitative estimate of drug-likeness (QED) is 0.639. The molecule has 0 aliphatic heterocycles. The minimum absolute atomic E-state index is 0.318. The summed E-state index contributed by atoms with van der Waals surface area (Å²) in [6, 6.07) is 0.549. The molecule has 0 amide bonds. The van der Waals surface area contributed by atoms with Gasteiger partial charge in [-0.3, -0.25) is 0 Å². The van der Waals surface area contributed by atoms with Gasteiger partial charge in [0.25, 0.3) is 0 Å². The summed E-state index contributed by atoms with van der Waals surface area (Å²) >= 11 is 0. The maximum Gasteiger partial charge on any atom is 0.0431 e. The Bertz CT molecular complexity index is 168. The average Bonchev–Trinajstić information content (AvgIpc) is 2.25. The van der Waals surface area contributed by atoms with E-state index in [0.29, 0.717) is 12.6 Å². The summed E-state index contributed by atoms with van der Waals surface area (Å²) in [5.41, 5.74) is 0. The van der Waals surface area contributed by atoms with Crippen LogP contribution >= 0.6 is 0 Å². The SMILES string of the molecule is C[C@H](CCCO)NC[C@H]1CC=CCC1. The largest absolute Gasteiger partial charge is 0.396 e. The van der Waals surface area contributed by atoms with Crippen molar-refractivity contribution in [1.29, 1.82) is 0 Å². The molecule has 0 saturated heterocycles. The van der Waals surface area contributed by atoms with E-state index in [0.717, 1.165) is 25.3 Å². The first kappa shape index (κ1) is 11.7. The Labute approximate surface area is 87.4 Å². The van der Waals surface area contributed by atoms with Crippen LogP contribution in [0.2, 0.25) is 0 Å². The number of allylic oxidation sites excluding steroid dienone is 2. The molecule has 0 fully saturated rings. The van der Waals surface area contributed by atoms with E-state index in [1.54, 1.807) is 0 Å². The first-order valence-electron chi connectivity index (χ1n) is 5.82. The summed E-state index contributed by atoms with van der Waals surface area (Å²) < 4.78 is 0. The molecule has 2 nitrogen and oxygen atoms in total. The van der Waals surface area contributed by atoms with Crippen LogP contribution in [0.25, 0.3) is 0 Å². The van der Waals surface area contributed by atoms with Gasteiger partial charge in [-0.15, -0.1) is 0 Å². The lowest BCUT2D eigenvalue weighted by atomic mass is 9.94. The molecule has 0 bridgehead atoms. The Hall–Kier alpha value is -0.340. The lowest BCUT2D eigenvalue weighted by Crippen LogP contribution is -2.31. The molecule has 1 aliphatic carbocycles. The van der Waals surface area contributed by atoms with Crippen LogP contribution in [-0.4, -0.2) is 24.3 Å². The highest BCUT2D eigenvalue weighted by atomic mass is 16.2. The van der Waals surface area contributed by atoms with Gasteiger partial charge in [0, 0.05) is 12.6 Å². The number of nitrogens with one attached hydrogen (secondary N) is 1. The van der Waals surface area contributed by atoms with Crippen molar-refractivity contribution >= 4 is 0 Å². The Morgan fingerprint density at radius 3 is 3.00 bits per heavy atom. The van der Waals surface area contributed by atoms with E-state index < -0.39 is 0 Å². The predicted molar refractivity (Wildman–Crippen MR) is 60.3 cm³/mol. The molecule has 0 saturated carbocycles. The van der Waals surface area contributed by atoms with E-state index >= 15 is 0 Å². The topological polar surface area (TPSA) is 32.3 Å². The van der Waals surface area contributed by atoms with Crippen LogP contribution in [-0.2, 0) is 0 Å². The fraction of sp³-hybridized carbons (Fsp3) is 0.833. The molecule has 0 radical (unpaired) electrons. The molecule has 14 heavy (non-hydrogen) atoms. The second-order valence-corrected chi connectivity index (χ2v) is 4.33. The number of aliphatic hydroxyl groups is 1.